The summed E-state index contributed by atoms with van der Waals surface area (Å²) in [6.45, 7) is 3.85. The highest BCUT2D eigenvalue weighted by Gasteiger charge is 2.04. The van der Waals surface area contributed by atoms with Crippen molar-refractivity contribution in [1.82, 2.24) is 10.6 Å². The van der Waals surface area contributed by atoms with Crippen molar-refractivity contribution in [1.29, 1.82) is 0 Å². The monoisotopic (exact) mass is 375 g/mol. The summed E-state index contributed by atoms with van der Waals surface area (Å²) in [6, 6.07) is 5.62. The van der Waals surface area contributed by atoms with Gasteiger partial charge in [0.1, 0.15) is 15.6 Å². The first-order chi connectivity index (χ1) is 11.4. The number of ether oxygens (including phenoxy) is 1. The molecule has 0 saturated heterocycles. The molecule has 0 spiro atoms. The van der Waals surface area contributed by atoms with Crippen molar-refractivity contribution in [2.24, 2.45) is 4.99 Å². The predicted molar refractivity (Wildman–Crippen MR) is 100 cm³/mol. The molecule has 8 heteroatoms. The van der Waals surface area contributed by atoms with E-state index in [2.05, 4.69) is 15.6 Å². The van der Waals surface area contributed by atoms with Crippen molar-refractivity contribution >= 4 is 27.4 Å². The summed E-state index contributed by atoms with van der Waals surface area (Å²) < 4.78 is 27.3. The largest absolute Gasteiger partial charge is 0.497 e. The van der Waals surface area contributed by atoms with E-state index < -0.39 is 9.84 Å². The fourth-order valence-corrected chi connectivity index (χ4v) is 2.95. The van der Waals surface area contributed by atoms with Gasteiger partial charge < -0.3 is 15.4 Å². The molecule has 2 N–H and O–H groups in total. The van der Waals surface area contributed by atoms with Gasteiger partial charge in [-0.25, -0.2) is 8.42 Å². The molecule has 0 radical (unpaired) electrons. The Labute approximate surface area is 149 Å². The van der Waals surface area contributed by atoms with Crippen molar-refractivity contribution in [3.63, 3.8) is 0 Å². The summed E-state index contributed by atoms with van der Waals surface area (Å²) in [5, 5.41) is 7.03. The topological polar surface area (TPSA) is 79.8 Å². The Balaban J connectivity index is 2.48. The predicted octanol–water partition coefficient (Wildman–Crippen LogP) is 1.88. The molecule has 0 aliphatic carbocycles. The van der Waals surface area contributed by atoms with Crippen LogP contribution in [-0.2, 0) is 16.3 Å². The number of guanidine groups is 1. The molecule has 6 nitrogen and oxygen atoms in total. The number of aliphatic imine (C=N–C) groups is 1. The molecule has 24 heavy (non-hydrogen) atoms. The molecule has 0 amide bonds. The number of halogens is 1. The standard InChI is InChI=1S/C16H26ClN3O3S/c1-4-18-16(19-9-5-11-24(3,21)22)20-10-8-13-6-7-14(23-2)12-15(13)17/h6-7,12H,4-5,8-11H2,1-3H3,(H2,18,19,20). The quantitative estimate of drug-likeness (QED) is 0.391. The summed E-state index contributed by atoms with van der Waals surface area (Å²) in [5.41, 5.74) is 1.03. The van der Waals surface area contributed by atoms with E-state index in [1.807, 2.05) is 19.1 Å². The van der Waals surface area contributed by atoms with Crippen LogP contribution in [0.4, 0.5) is 0 Å². The Morgan fingerprint density at radius 1 is 1.33 bits per heavy atom. The molecule has 1 aromatic carbocycles. The third kappa shape index (κ3) is 8.40. The number of nitrogens with zero attached hydrogens (tertiary/aromatic N) is 1. The van der Waals surface area contributed by atoms with Gasteiger partial charge in [-0.15, -0.1) is 0 Å². The van der Waals surface area contributed by atoms with Crippen LogP contribution in [-0.4, -0.2) is 53.1 Å². The molecule has 0 aliphatic rings. The van der Waals surface area contributed by atoms with Crippen molar-refractivity contribution in [2.75, 3.05) is 38.8 Å². The Morgan fingerprint density at radius 3 is 2.67 bits per heavy atom. The summed E-state index contributed by atoms with van der Waals surface area (Å²) in [6.07, 6.45) is 2.50. The summed E-state index contributed by atoms with van der Waals surface area (Å²) in [4.78, 5) is 4.37. The van der Waals surface area contributed by atoms with Crippen molar-refractivity contribution in [3.05, 3.63) is 28.8 Å². The lowest BCUT2D eigenvalue weighted by Gasteiger charge is -2.12. The highest BCUT2D eigenvalue weighted by Crippen LogP contribution is 2.22. The summed E-state index contributed by atoms with van der Waals surface area (Å²) in [5.74, 6) is 1.56. The SMILES string of the molecule is CCNC(=NCCCS(C)(=O)=O)NCCc1ccc(OC)cc1Cl. The number of methoxy groups -OCH3 is 1. The number of nitrogens with one attached hydrogen (secondary N) is 2. The second kappa shape index (κ2) is 10.4. The normalized spacial score (nSPS) is 12.1. The van der Waals surface area contributed by atoms with E-state index >= 15 is 0 Å². The van der Waals surface area contributed by atoms with Gasteiger partial charge in [-0.3, -0.25) is 4.99 Å². The Kier molecular flexibility index (Phi) is 8.92. The van der Waals surface area contributed by atoms with Gasteiger partial charge in [-0.2, -0.15) is 0 Å². The van der Waals surface area contributed by atoms with Gasteiger partial charge in [0.25, 0.3) is 0 Å². The van der Waals surface area contributed by atoms with Gasteiger partial charge in [0.05, 0.1) is 12.9 Å². The van der Waals surface area contributed by atoms with Crippen molar-refractivity contribution in [3.8, 4) is 5.75 Å². The Hall–Kier alpha value is -1.47. The molecular formula is C16H26ClN3O3S. The average Bonchev–Trinajstić information content (AvgIpc) is 2.52. The minimum Gasteiger partial charge on any atom is -0.497 e. The number of benzene rings is 1. The molecule has 0 aromatic heterocycles. The fourth-order valence-electron chi connectivity index (χ4n) is 2.03. The second-order valence-corrected chi connectivity index (χ2v) is 8.05. The molecule has 0 saturated carbocycles. The number of sulfone groups is 1. The van der Waals surface area contributed by atoms with Crippen LogP contribution in [0.5, 0.6) is 5.75 Å². The molecule has 0 heterocycles. The molecule has 0 bridgehead atoms. The zero-order valence-corrected chi connectivity index (χ0v) is 16.0. The van der Waals surface area contributed by atoms with Crippen LogP contribution in [0.15, 0.2) is 23.2 Å². The fraction of sp³-hybridized carbons (Fsp3) is 0.562. The molecule has 1 aromatic rings. The van der Waals surface area contributed by atoms with Crippen LogP contribution in [0.2, 0.25) is 5.02 Å². The minimum atomic E-state index is -2.93. The molecule has 1 rings (SSSR count). The van der Waals surface area contributed by atoms with Gasteiger partial charge >= 0.3 is 0 Å². The summed E-state index contributed by atoms with van der Waals surface area (Å²) in [7, 11) is -1.33. The Bertz CT molecular complexity index is 648. The molecule has 0 unspecified atom stereocenters. The minimum absolute atomic E-state index is 0.150. The van der Waals surface area contributed by atoms with Crippen molar-refractivity contribution < 1.29 is 13.2 Å². The Morgan fingerprint density at radius 2 is 2.08 bits per heavy atom. The van der Waals surface area contributed by atoms with Gasteiger partial charge in [-0.05, 0) is 37.5 Å². The van der Waals surface area contributed by atoms with Crippen LogP contribution >= 0.6 is 11.6 Å². The van der Waals surface area contributed by atoms with Crippen LogP contribution in [0.25, 0.3) is 0 Å². The lowest BCUT2D eigenvalue weighted by atomic mass is 10.1. The smallest absolute Gasteiger partial charge is 0.191 e. The second-order valence-electron chi connectivity index (χ2n) is 5.38. The highest BCUT2D eigenvalue weighted by atomic mass is 35.5. The van der Waals surface area contributed by atoms with E-state index in [1.165, 1.54) is 6.26 Å². The van der Waals surface area contributed by atoms with Gasteiger partial charge in [0.15, 0.2) is 5.96 Å². The van der Waals surface area contributed by atoms with Gasteiger partial charge in [0.2, 0.25) is 0 Å². The average molecular weight is 376 g/mol. The first-order valence-corrected chi connectivity index (χ1v) is 10.3. The van der Waals surface area contributed by atoms with E-state index in [4.69, 9.17) is 16.3 Å². The van der Waals surface area contributed by atoms with Gasteiger partial charge in [0, 0.05) is 30.9 Å². The van der Waals surface area contributed by atoms with E-state index in [0.717, 1.165) is 24.3 Å². The van der Waals surface area contributed by atoms with Crippen LogP contribution < -0.4 is 15.4 Å². The maximum Gasteiger partial charge on any atom is 0.191 e. The molecule has 0 atom stereocenters. The van der Waals surface area contributed by atoms with Gasteiger partial charge in [-0.1, -0.05) is 17.7 Å². The molecular weight excluding hydrogens is 350 g/mol. The number of hydrogen-bond donors (Lipinski definition) is 2. The molecule has 0 fully saturated rings. The maximum absolute atomic E-state index is 11.1. The van der Waals surface area contributed by atoms with E-state index in [9.17, 15) is 8.42 Å². The first-order valence-electron chi connectivity index (χ1n) is 7.88. The van der Waals surface area contributed by atoms with Crippen molar-refractivity contribution in [2.45, 2.75) is 19.8 Å². The first kappa shape index (κ1) is 20.6. The lowest BCUT2D eigenvalue weighted by Crippen LogP contribution is -2.38. The van der Waals surface area contributed by atoms with E-state index in [-0.39, 0.29) is 5.75 Å². The maximum atomic E-state index is 11.1. The highest BCUT2D eigenvalue weighted by molar-refractivity contribution is 7.90. The molecule has 136 valence electrons. The van der Waals surface area contributed by atoms with E-state index in [1.54, 1.807) is 13.2 Å². The summed E-state index contributed by atoms with van der Waals surface area (Å²) >= 11 is 6.22. The zero-order valence-electron chi connectivity index (χ0n) is 14.4. The number of hydrogen-bond acceptors (Lipinski definition) is 4. The third-order valence-corrected chi connectivity index (χ3v) is 4.62. The lowest BCUT2D eigenvalue weighted by molar-refractivity contribution is 0.414. The van der Waals surface area contributed by atoms with Crippen LogP contribution in [0.3, 0.4) is 0 Å². The third-order valence-electron chi connectivity index (χ3n) is 3.23. The number of rotatable bonds is 9. The molecule has 0 aliphatic heterocycles. The van der Waals surface area contributed by atoms with Crippen LogP contribution in [0, 0.1) is 0 Å². The van der Waals surface area contributed by atoms with Crippen LogP contribution in [0.1, 0.15) is 18.9 Å². The van der Waals surface area contributed by atoms with E-state index in [0.29, 0.717) is 30.5 Å². The zero-order chi connectivity index (χ0) is 18.0.